The summed E-state index contributed by atoms with van der Waals surface area (Å²) in [6, 6.07) is 12.0. The number of pyridine rings is 1. The molecule has 1 aromatic carbocycles. The molecule has 1 aromatic heterocycles. The van der Waals surface area contributed by atoms with E-state index in [2.05, 4.69) is 22.4 Å². The summed E-state index contributed by atoms with van der Waals surface area (Å²) in [6.45, 7) is 3.86. The first-order valence-corrected chi connectivity index (χ1v) is 7.58. The Morgan fingerprint density at radius 1 is 1.30 bits per heavy atom. The van der Waals surface area contributed by atoms with Crippen molar-refractivity contribution >= 4 is 23.4 Å². The topological polar surface area (TPSA) is 42.0 Å². The van der Waals surface area contributed by atoms with Gasteiger partial charge in [0, 0.05) is 23.8 Å². The predicted molar refractivity (Wildman–Crippen MR) is 84.8 cm³/mol. The number of rotatable bonds is 5. The van der Waals surface area contributed by atoms with Gasteiger partial charge >= 0.3 is 0 Å². The van der Waals surface area contributed by atoms with E-state index in [1.165, 1.54) is 5.56 Å². The van der Waals surface area contributed by atoms with Crippen LogP contribution in [0.2, 0.25) is 0 Å². The number of thioether (sulfide) groups is 1. The molecule has 0 saturated carbocycles. The normalized spacial score (nSPS) is 11.9. The lowest BCUT2D eigenvalue weighted by molar-refractivity contribution is -0.115. The number of benzene rings is 1. The number of carbonyl (C=O) groups is 1. The summed E-state index contributed by atoms with van der Waals surface area (Å²) in [5.74, 6) is 0.866. The fourth-order valence-corrected chi connectivity index (χ4v) is 2.56. The number of hydrogen-bond acceptors (Lipinski definition) is 3. The minimum atomic E-state index is -0.0947. The van der Waals surface area contributed by atoms with E-state index in [1.54, 1.807) is 24.2 Å². The second-order valence-electron chi connectivity index (χ2n) is 4.62. The highest BCUT2D eigenvalue weighted by molar-refractivity contribution is 7.99. The standard InChI is InChI=1S/C16H18N2OS/c1-12-10-17-9-8-15(12)18-16(19)13(2)20-11-14-6-4-3-5-7-14/h3-10,13H,11H2,1-2H3,(H,17,18,19)/t13-/m0/s1. The molecule has 1 amide bonds. The third-order valence-electron chi connectivity index (χ3n) is 2.99. The van der Waals surface area contributed by atoms with E-state index in [-0.39, 0.29) is 11.2 Å². The van der Waals surface area contributed by atoms with Gasteiger partial charge in [-0.3, -0.25) is 9.78 Å². The zero-order valence-corrected chi connectivity index (χ0v) is 12.5. The van der Waals surface area contributed by atoms with Gasteiger partial charge in [-0.2, -0.15) is 0 Å². The van der Waals surface area contributed by atoms with Crippen molar-refractivity contribution in [2.45, 2.75) is 24.9 Å². The van der Waals surface area contributed by atoms with Gasteiger partial charge in [-0.15, -0.1) is 11.8 Å². The average molecular weight is 286 g/mol. The van der Waals surface area contributed by atoms with Gasteiger partial charge in [0.15, 0.2) is 0 Å². The fraction of sp³-hybridized carbons (Fsp3) is 0.250. The minimum Gasteiger partial charge on any atom is -0.325 e. The maximum Gasteiger partial charge on any atom is 0.237 e. The molecule has 1 N–H and O–H groups in total. The number of carbonyl (C=O) groups excluding carboxylic acids is 1. The van der Waals surface area contributed by atoms with Crippen LogP contribution >= 0.6 is 11.8 Å². The monoisotopic (exact) mass is 286 g/mol. The first-order valence-electron chi connectivity index (χ1n) is 6.54. The van der Waals surface area contributed by atoms with Crippen LogP contribution in [0.3, 0.4) is 0 Å². The molecule has 0 aliphatic carbocycles. The highest BCUT2D eigenvalue weighted by atomic mass is 32.2. The quantitative estimate of drug-likeness (QED) is 0.912. The van der Waals surface area contributed by atoms with E-state index < -0.39 is 0 Å². The lowest BCUT2D eigenvalue weighted by Crippen LogP contribution is -2.23. The van der Waals surface area contributed by atoms with E-state index in [0.29, 0.717) is 0 Å². The van der Waals surface area contributed by atoms with Crippen LogP contribution in [0, 0.1) is 6.92 Å². The molecule has 0 saturated heterocycles. The SMILES string of the molecule is Cc1cnccc1NC(=O)[C@H](C)SCc1ccccc1. The van der Waals surface area contributed by atoms with Crippen LogP contribution < -0.4 is 5.32 Å². The molecule has 0 radical (unpaired) electrons. The third kappa shape index (κ3) is 4.10. The number of nitrogens with zero attached hydrogens (tertiary/aromatic N) is 1. The smallest absolute Gasteiger partial charge is 0.237 e. The van der Waals surface area contributed by atoms with Crippen molar-refractivity contribution in [1.82, 2.24) is 4.98 Å². The van der Waals surface area contributed by atoms with Gasteiger partial charge in [-0.25, -0.2) is 0 Å². The molecule has 0 aliphatic heterocycles. The number of anilines is 1. The molecule has 0 unspecified atom stereocenters. The predicted octanol–water partition coefficient (Wildman–Crippen LogP) is 3.65. The summed E-state index contributed by atoms with van der Waals surface area (Å²) in [4.78, 5) is 16.2. The van der Waals surface area contributed by atoms with Crippen molar-refractivity contribution in [1.29, 1.82) is 0 Å². The van der Waals surface area contributed by atoms with Gasteiger partial charge < -0.3 is 5.32 Å². The zero-order valence-electron chi connectivity index (χ0n) is 11.7. The molecule has 20 heavy (non-hydrogen) atoms. The van der Waals surface area contributed by atoms with Gasteiger partial charge in [-0.05, 0) is 31.0 Å². The molecule has 1 heterocycles. The average Bonchev–Trinajstić information content (AvgIpc) is 2.48. The fourth-order valence-electron chi connectivity index (χ4n) is 1.72. The molecular weight excluding hydrogens is 268 g/mol. The van der Waals surface area contributed by atoms with Crippen LogP contribution in [0.15, 0.2) is 48.8 Å². The molecule has 2 rings (SSSR count). The Morgan fingerprint density at radius 3 is 2.75 bits per heavy atom. The Kier molecular flexibility index (Phi) is 5.18. The van der Waals surface area contributed by atoms with Crippen molar-refractivity contribution < 1.29 is 4.79 Å². The minimum absolute atomic E-state index is 0.0280. The van der Waals surface area contributed by atoms with E-state index in [4.69, 9.17) is 0 Å². The van der Waals surface area contributed by atoms with Crippen molar-refractivity contribution in [3.8, 4) is 0 Å². The summed E-state index contributed by atoms with van der Waals surface area (Å²) in [7, 11) is 0. The Morgan fingerprint density at radius 2 is 2.05 bits per heavy atom. The Balaban J connectivity index is 1.88. The molecule has 1 atom stereocenters. The molecule has 0 bridgehead atoms. The summed E-state index contributed by atoms with van der Waals surface area (Å²) >= 11 is 1.64. The van der Waals surface area contributed by atoms with Crippen LogP contribution in [-0.2, 0) is 10.5 Å². The second kappa shape index (κ2) is 7.10. The maximum absolute atomic E-state index is 12.1. The second-order valence-corrected chi connectivity index (χ2v) is 5.95. The van der Waals surface area contributed by atoms with Crippen LogP contribution in [-0.4, -0.2) is 16.1 Å². The number of aryl methyl sites for hydroxylation is 1. The zero-order chi connectivity index (χ0) is 14.4. The van der Waals surface area contributed by atoms with Gasteiger partial charge in [0.2, 0.25) is 5.91 Å². The first-order chi connectivity index (χ1) is 9.66. The highest BCUT2D eigenvalue weighted by Gasteiger charge is 2.14. The van der Waals surface area contributed by atoms with Gasteiger partial charge in [0.05, 0.1) is 5.25 Å². The Labute approximate surface area is 123 Å². The van der Waals surface area contributed by atoms with Crippen LogP contribution in [0.1, 0.15) is 18.1 Å². The molecular formula is C16H18N2OS. The van der Waals surface area contributed by atoms with E-state index in [0.717, 1.165) is 17.0 Å². The lowest BCUT2D eigenvalue weighted by atomic mass is 10.2. The summed E-state index contributed by atoms with van der Waals surface area (Å²) in [5, 5.41) is 2.85. The molecule has 4 heteroatoms. The maximum atomic E-state index is 12.1. The van der Waals surface area contributed by atoms with Gasteiger partial charge in [0.1, 0.15) is 0 Å². The molecule has 3 nitrogen and oxygen atoms in total. The molecule has 2 aromatic rings. The number of nitrogens with one attached hydrogen (secondary N) is 1. The van der Waals surface area contributed by atoms with Gasteiger partial charge in [-0.1, -0.05) is 30.3 Å². The molecule has 0 spiro atoms. The third-order valence-corrected chi connectivity index (χ3v) is 4.20. The first kappa shape index (κ1) is 14.6. The van der Waals surface area contributed by atoms with Crippen molar-refractivity contribution in [3.05, 3.63) is 59.9 Å². The van der Waals surface area contributed by atoms with Crippen molar-refractivity contribution in [3.63, 3.8) is 0 Å². The van der Waals surface area contributed by atoms with Crippen LogP contribution in [0.4, 0.5) is 5.69 Å². The largest absolute Gasteiger partial charge is 0.325 e. The van der Waals surface area contributed by atoms with E-state index in [1.807, 2.05) is 38.1 Å². The lowest BCUT2D eigenvalue weighted by Gasteiger charge is -2.13. The summed E-state index contributed by atoms with van der Waals surface area (Å²) in [6.07, 6.45) is 3.43. The van der Waals surface area contributed by atoms with E-state index >= 15 is 0 Å². The number of aromatic nitrogens is 1. The van der Waals surface area contributed by atoms with E-state index in [9.17, 15) is 4.79 Å². The number of hydrogen-bond donors (Lipinski definition) is 1. The summed E-state index contributed by atoms with van der Waals surface area (Å²) in [5.41, 5.74) is 3.04. The number of amides is 1. The van der Waals surface area contributed by atoms with Crippen LogP contribution in [0.5, 0.6) is 0 Å². The molecule has 104 valence electrons. The highest BCUT2D eigenvalue weighted by Crippen LogP contribution is 2.20. The Hall–Kier alpha value is -1.81. The van der Waals surface area contributed by atoms with Crippen LogP contribution in [0.25, 0.3) is 0 Å². The Bertz CT molecular complexity index is 572. The van der Waals surface area contributed by atoms with Crippen molar-refractivity contribution in [2.75, 3.05) is 5.32 Å². The van der Waals surface area contributed by atoms with Crippen molar-refractivity contribution in [2.24, 2.45) is 0 Å². The molecule has 0 aliphatic rings. The summed E-state index contributed by atoms with van der Waals surface area (Å²) < 4.78 is 0. The molecule has 0 fully saturated rings. The van der Waals surface area contributed by atoms with Gasteiger partial charge in [0.25, 0.3) is 0 Å².